The second-order valence-electron chi connectivity index (χ2n) is 4.71. The number of ether oxygens (including phenoxy) is 2. The Morgan fingerprint density at radius 1 is 1.63 bits per heavy atom. The number of rotatable bonds is 6. The number of aromatic amines is 1. The Morgan fingerprint density at radius 3 is 3.26 bits per heavy atom. The maximum absolute atomic E-state index is 11.7. The first-order valence-electron chi connectivity index (χ1n) is 6.67. The topological polar surface area (TPSA) is 76.2 Å². The molecule has 0 saturated carbocycles. The molecule has 0 bridgehead atoms. The van der Waals surface area contributed by atoms with Gasteiger partial charge in [0.05, 0.1) is 18.9 Å². The fourth-order valence-corrected chi connectivity index (χ4v) is 2.16. The number of hydrogen-bond acceptors (Lipinski definition) is 5. The maximum Gasteiger partial charge on any atom is 0.251 e. The van der Waals surface area contributed by atoms with Gasteiger partial charge in [-0.25, -0.2) is 4.98 Å². The molecule has 1 aromatic heterocycles. The molecule has 1 fully saturated rings. The van der Waals surface area contributed by atoms with Crippen molar-refractivity contribution < 1.29 is 9.47 Å². The van der Waals surface area contributed by atoms with Crippen molar-refractivity contribution in [2.75, 3.05) is 33.5 Å². The lowest BCUT2D eigenvalue weighted by molar-refractivity contribution is 0.0779. The van der Waals surface area contributed by atoms with Crippen LogP contribution in [0.1, 0.15) is 30.3 Å². The van der Waals surface area contributed by atoms with E-state index in [4.69, 9.17) is 9.47 Å². The van der Waals surface area contributed by atoms with Gasteiger partial charge in [-0.15, -0.1) is 0 Å². The van der Waals surface area contributed by atoms with E-state index in [9.17, 15) is 4.79 Å². The Hall–Kier alpha value is -1.24. The van der Waals surface area contributed by atoms with E-state index in [1.54, 1.807) is 7.11 Å². The largest absolute Gasteiger partial charge is 0.383 e. The van der Waals surface area contributed by atoms with Gasteiger partial charge in [0.2, 0.25) is 0 Å². The fourth-order valence-electron chi connectivity index (χ4n) is 2.16. The molecule has 1 atom stereocenters. The van der Waals surface area contributed by atoms with Crippen molar-refractivity contribution in [3.05, 3.63) is 27.9 Å². The van der Waals surface area contributed by atoms with E-state index in [-0.39, 0.29) is 11.5 Å². The van der Waals surface area contributed by atoms with E-state index in [0.29, 0.717) is 19.8 Å². The van der Waals surface area contributed by atoms with Gasteiger partial charge in [-0.1, -0.05) is 0 Å². The lowest BCUT2D eigenvalue weighted by Gasteiger charge is -2.21. The van der Waals surface area contributed by atoms with Crippen molar-refractivity contribution in [2.45, 2.75) is 25.3 Å². The van der Waals surface area contributed by atoms with Gasteiger partial charge in [-0.05, 0) is 12.8 Å². The van der Waals surface area contributed by atoms with Crippen molar-refractivity contribution in [1.29, 1.82) is 0 Å². The molecule has 2 N–H and O–H groups in total. The highest BCUT2D eigenvalue weighted by Gasteiger charge is 2.18. The average Bonchev–Trinajstić information content (AvgIpc) is 2.44. The van der Waals surface area contributed by atoms with Gasteiger partial charge in [-0.3, -0.25) is 4.79 Å². The van der Waals surface area contributed by atoms with Crippen LogP contribution in [-0.2, 0) is 16.0 Å². The van der Waals surface area contributed by atoms with E-state index in [1.165, 1.54) is 6.07 Å². The predicted octanol–water partition coefficient (Wildman–Crippen LogP) is 0.400. The summed E-state index contributed by atoms with van der Waals surface area (Å²) in [5, 5.41) is 3.19. The summed E-state index contributed by atoms with van der Waals surface area (Å²) in [5.74, 6) is 0.955. The first-order valence-corrected chi connectivity index (χ1v) is 6.67. The molecule has 0 spiro atoms. The molecule has 6 nitrogen and oxygen atoms in total. The molecule has 19 heavy (non-hydrogen) atoms. The zero-order valence-electron chi connectivity index (χ0n) is 11.3. The second kappa shape index (κ2) is 7.37. The lowest BCUT2D eigenvalue weighted by atomic mass is 10.0. The highest BCUT2D eigenvalue weighted by Crippen LogP contribution is 2.21. The van der Waals surface area contributed by atoms with Crippen LogP contribution in [-0.4, -0.2) is 43.4 Å². The Balaban J connectivity index is 1.99. The lowest BCUT2D eigenvalue weighted by Crippen LogP contribution is -2.25. The van der Waals surface area contributed by atoms with Gasteiger partial charge < -0.3 is 19.8 Å². The van der Waals surface area contributed by atoms with Crippen LogP contribution in [0.5, 0.6) is 0 Å². The number of nitrogens with zero attached hydrogens (tertiary/aromatic N) is 1. The Morgan fingerprint density at radius 2 is 2.53 bits per heavy atom. The minimum atomic E-state index is -0.0980. The van der Waals surface area contributed by atoms with Crippen molar-refractivity contribution in [3.63, 3.8) is 0 Å². The second-order valence-corrected chi connectivity index (χ2v) is 4.71. The zero-order valence-corrected chi connectivity index (χ0v) is 11.3. The molecule has 1 aliphatic rings. The summed E-state index contributed by atoms with van der Waals surface area (Å²) in [6, 6.07) is 1.53. The molecule has 1 unspecified atom stereocenters. The van der Waals surface area contributed by atoms with Crippen molar-refractivity contribution in [3.8, 4) is 0 Å². The van der Waals surface area contributed by atoms with Crippen LogP contribution in [0, 0.1) is 0 Å². The predicted molar refractivity (Wildman–Crippen MR) is 71.2 cm³/mol. The molecule has 0 aliphatic carbocycles. The average molecular weight is 267 g/mol. The number of H-pyrrole nitrogens is 1. The minimum Gasteiger partial charge on any atom is -0.383 e. The highest BCUT2D eigenvalue weighted by molar-refractivity contribution is 5.06. The van der Waals surface area contributed by atoms with Gasteiger partial charge in [0.25, 0.3) is 5.56 Å². The van der Waals surface area contributed by atoms with Crippen molar-refractivity contribution >= 4 is 0 Å². The maximum atomic E-state index is 11.7. The Kier molecular flexibility index (Phi) is 5.50. The van der Waals surface area contributed by atoms with E-state index in [2.05, 4.69) is 15.3 Å². The minimum absolute atomic E-state index is 0.0980. The summed E-state index contributed by atoms with van der Waals surface area (Å²) in [6.07, 6.45) is 2.04. The van der Waals surface area contributed by atoms with Crippen LogP contribution in [0.25, 0.3) is 0 Å². The highest BCUT2D eigenvalue weighted by atomic mass is 16.5. The normalized spacial score (nSPS) is 19.5. The van der Waals surface area contributed by atoms with Gasteiger partial charge in [0.1, 0.15) is 5.82 Å². The zero-order chi connectivity index (χ0) is 13.5. The molecule has 1 aliphatic heterocycles. The van der Waals surface area contributed by atoms with Crippen LogP contribution in [0.15, 0.2) is 10.9 Å². The summed E-state index contributed by atoms with van der Waals surface area (Å²) >= 11 is 0. The molecular formula is C13H21N3O3. The molecule has 1 aromatic rings. The third-order valence-corrected chi connectivity index (χ3v) is 3.15. The summed E-state index contributed by atoms with van der Waals surface area (Å²) in [6.45, 7) is 3.41. The first-order chi connectivity index (χ1) is 9.29. The van der Waals surface area contributed by atoms with Crippen LogP contribution >= 0.6 is 0 Å². The molecule has 6 heteroatoms. The smallest absolute Gasteiger partial charge is 0.251 e. The van der Waals surface area contributed by atoms with Crippen molar-refractivity contribution in [2.24, 2.45) is 0 Å². The quantitative estimate of drug-likeness (QED) is 0.730. The van der Waals surface area contributed by atoms with E-state index in [1.807, 2.05) is 0 Å². The molecule has 0 amide bonds. The molecule has 0 aromatic carbocycles. The van der Waals surface area contributed by atoms with E-state index >= 15 is 0 Å². The molecule has 106 valence electrons. The van der Waals surface area contributed by atoms with Crippen LogP contribution < -0.4 is 10.9 Å². The molecule has 0 radical (unpaired) electrons. The fraction of sp³-hybridized carbons (Fsp3) is 0.692. The summed E-state index contributed by atoms with van der Waals surface area (Å²) in [5.41, 5.74) is 0.666. The molecule has 1 saturated heterocycles. The third-order valence-electron chi connectivity index (χ3n) is 3.15. The Labute approximate surface area is 112 Å². The Bertz CT molecular complexity index is 441. The third kappa shape index (κ3) is 4.41. The van der Waals surface area contributed by atoms with Crippen LogP contribution in [0.4, 0.5) is 0 Å². The summed E-state index contributed by atoms with van der Waals surface area (Å²) in [4.78, 5) is 19.0. The van der Waals surface area contributed by atoms with Gasteiger partial charge in [-0.2, -0.15) is 0 Å². The van der Waals surface area contributed by atoms with E-state index < -0.39 is 0 Å². The summed E-state index contributed by atoms with van der Waals surface area (Å²) in [7, 11) is 1.66. The SMILES string of the molecule is COCCNCc1cc(=O)[nH]c(C2CCCOC2)n1. The first kappa shape index (κ1) is 14.2. The van der Waals surface area contributed by atoms with Crippen LogP contribution in [0.2, 0.25) is 0 Å². The standard InChI is InChI=1S/C13H21N3O3/c1-18-6-4-14-8-11-7-12(17)16-13(15-11)10-3-2-5-19-9-10/h7,10,14H,2-6,8-9H2,1H3,(H,15,16,17). The molecule has 2 rings (SSSR count). The van der Waals surface area contributed by atoms with E-state index in [0.717, 1.165) is 37.5 Å². The van der Waals surface area contributed by atoms with Gasteiger partial charge in [0, 0.05) is 38.8 Å². The number of nitrogens with one attached hydrogen (secondary N) is 2. The number of methoxy groups -OCH3 is 1. The van der Waals surface area contributed by atoms with Crippen molar-refractivity contribution in [1.82, 2.24) is 15.3 Å². The number of aromatic nitrogens is 2. The van der Waals surface area contributed by atoms with Crippen LogP contribution in [0.3, 0.4) is 0 Å². The summed E-state index contributed by atoms with van der Waals surface area (Å²) < 4.78 is 10.4. The molecule has 2 heterocycles. The molecular weight excluding hydrogens is 246 g/mol. The monoisotopic (exact) mass is 267 g/mol. The van der Waals surface area contributed by atoms with Gasteiger partial charge >= 0.3 is 0 Å². The number of hydrogen-bond donors (Lipinski definition) is 2. The van der Waals surface area contributed by atoms with Gasteiger partial charge in [0.15, 0.2) is 0 Å².